The van der Waals surface area contributed by atoms with Crippen molar-refractivity contribution in [2.45, 2.75) is 6.42 Å². The predicted molar refractivity (Wildman–Crippen MR) is 99.7 cm³/mol. The van der Waals surface area contributed by atoms with Gasteiger partial charge in [0.05, 0.1) is 5.97 Å². The third-order valence-corrected chi connectivity index (χ3v) is 3.81. The Morgan fingerprint density at radius 1 is 1.00 bits per heavy atom. The van der Waals surface area contributed by atoms with Gasteiger partial charge in [-0.25, -0.2) is 9.97 Å². The van der Waals surface area contributed by atoms with Gasteiger partial charge in [-0.15, -0.1) is 0 Å². The molecule has 0 atom stereocenters. The number of carboxylic acid groups (broad SMARTS) is 1. The molecule has 6 nitrogen and oxygen atoms in total. The minimum atomic E-state index is -1.23. The van der Waals surface area contributed by atoms with Crippen molar-refractivity contribution >= 4 is 23.9 Å². The predicted octanol–water partition coefficient (Wildman–Crippen LogP) is 2.08. The summed E-state index contributed by atoms with van der Waals surface area (Å²) in [5, 5.41) is 13.9. The quantitative estimate of drug-likeness (QED) is 0.681. The standard InChI is InChI=1S/C21H17N3O3/c25-19(24-21-22-11-4-12-23-21)10-8-16-7-9-18(20(26)27)17(14-16)13-15-5-2-1-3-6-15/h1-12,14H,13H2,(H,26,27)(H,22,23,24,25)/p-1/b10-8+. The van der Waals surface area contributed by atoms with E-state index < -0.39 is 5.97 Å². The molecular formula is C21H16N3O3-. The molecule has 1 aromatic heterocycles. The van der Waals surface area contributed by atoms with Crippen LogP contribution in [0, 0.1) is 0 Å². The highest BCUT2D eigenvalue weighted by atomic mass is 16.4. The highest BCUT2D eigenvalue weighted by Crippen LogP contribution is 2.17. The maximum absolute atomic E-state index is 12.0. The summed E-state index contributed by atoms with van der Waals surface area (Å²) in [4.78, 5) is 31.2. The first kappa shape index (κ1) is 18.0. The van der Waals surface area contributed by atoms with E-state index in [-0.39, 0.29) is 17.4 Å². The van der Waals surface area contributed by atoms with Crippen LogP contribution in [0.4, 0.5) is 5.95 Å². The number of nitrogens with zero attached hydrogens (tertiary/aromatic N) is 2. The van der Waals surface area contributed by atoms with Crippen molar-refractivity contribution in [2.75, 3.05) is 5.32 Å². The Hall–Kier alpha value is -3.80. The summed E-state index contributed by atoms with van der Waals surface area (Å²) in [6, 6.07) is 16.1. The van der Waals surface area contributed by atoms with Gasteiger partial charge in [0.15, 0.2) is 0 Å². The Morgan fingerprint density at radius 3 is 2.44 bits per heavy atom. The van der Waals surface area contributed by atoms with Crippen molar-refractivity contribution in [3.05, 3.63) is 95.3 Å². The van der Waals surface area contributed by atoms with Crippen molar-refractivity contribution < 1.29 is 14.7 Å². The van der Waals surface area contributed by atoms with E-state index in [1.807, 2.05) is 30.3 Å². The monoisotopic (exact) mass is 358 g/mol. The SMILES string of the molecule is O=C(/C=C/c1ccc(C(=O)[O-])c(Cc2ccccc2)c1)Nc1ncccn1. The summed E-state index contributed by atoms with van der Waals surface area (Å²) >= 11 is 0. The average molecular weight is 358 g/mol. The molecule has 0 aliphatic rings. The number of hydrogen-bond donors (Lipinski definition) is 1. The number of anilines is 1. The number of carbonyl (C=O) groups excluding carboxylic acids is 2. The van der Waals surface area contributed by atoms with Crippen LogP contribution in [0.15, 0.2) is 73.1 Å². The minimum Gasteiger partial charge on any atom is -0.545 e. The van der Waals surface area contributed by atoms with Crippen LogP contribution in [0.3, 0.4) is 0 Å². The smallest absolute Gasteiger partial charge is 0.250 e. The molecule has 3 rings (SSSR count). The minimum absolute atomic E-state index is 0.137. The highest BCUT2D eigenvalue weighted by Gasteiger charge is 2.06. The molecule has 3 aromatic rings. The second-order valence-electron chi connectivity index (χ2n) is 5.76. The van der Waals surface area contributed by atoms with E-state index in [4.69, 9.17) is 0 Å². The van der Waals surface area contributed by atoms with Crippen LogP contribution in [-0.2, 0) is 11.2 Å². The molecule has 1 N–H and O–H groups in total. The molecule has 134 valence electrons. The molecule has 0 fully saturated rings. The summed E-state index contributed by atoms with van der Waals surface area (Å²) in [7, 11) is 0. The van der Waals surface area contributed by atoms with Crippen molar-refractivity contribution in [3.63, 3.8) is 0 Å². The third kappa shape index (κ3) is 5.09. The molecule has 0 bridgehead atoms. The number of carboxylic acids is 1. The van der Waals surface area contributed by atoms with E-state index in [2.05, 4.69) is 15.3 Å². The Kier molecular flexibility index (Phi) is 5.69. The Balaban J connectivity index is 1.78. The fourth-order valence-electron chi connectivity index (χ4n) is 2.57. The average Bonchev–Trinajstić information content (AvgIpc) is 2.68. The molecule has 0 aliphatic carbocycles. The lowest BCUT2D eigenvalue weighted by molar-refractivity contribution is -0.255. The lowest BCUT2D eigenvalue weighted by atomic mass is 9.97. The van der Waals surface area contributed by atoms with E-state index in [1.165, 1.54) is 24.5 Å². The van der Waals surface area contributed by atoms with Gasteiger partial charge in [0, 0.05) is 24.0 Å². The first-order valence-electron chi connectivity index (χ1n) is 8.26. The molecule has 0 unspecified atom stereocenters. The topological polar surface area (TPSA) is 95.0 Å². The number of aromatic carboxylic acids is 1. The molecule has 1 heterocycles. The molecule has 0 saturated heterocycles. The van der Waals surface area contributed by atoms with Crippen LogP contribution in [0.25, 0.3) is 6.08 Å². The number of benzene rings is 2. The van der Waals surface area contributed by atoms with Crippen molar-refractivity contribution in [3.8, 4) is 0 Å². The molecule has 27 heavy (non-hydrogen) atoms. The lowest BCUT2D eigenvalue weighted by Crippen LogP contribution is -2.24. The first-order valence-corrected chi connectivity index (χ1v) is 8.26. The number of carbonyl (C=O) groups is 2. The van der Waals surface area contributed by atoms with Crippen molar-refractivity contribution in [1.82, 2.24) is 9.97 Å². The molecule has 6 heteroatoms. The van der Waals surface area contributed by atoms with Crippen LogP contribution in [-0.4, -0.2) is 21.8 Å². The zero-order chi connectivity index (χ0) is 19.1. The van der Waals surface area contributed by atoms with Gasteiger partial charge in [-0.1, -0.05) is 48.5 Å². The molecule has 0 aliphatic heterocycles. The zero-order valence-electron chi connectivity index (χ0n) is 14.3. The first-order chi connectivity index (χ1) is 13.1. The summed E-state index contributed by atoms with van der Waals surface area (Å²) < 4.78 is 0. The largest absolute Gasteiger partial charge is 0.545 e. The normalized spacial score (nSPS) is 10.7. The van der Waals surface area contributed by atoms with Crippen LogP contribution < -0.4 is 10.4 Å². The Labute approximate surface area is 156 Å². The lowest BCUT2D eigenvalue weighted by Gasteiger charge is -2.12. The zero-order valence-corrected chi connectivity index (χ0v) is 14.3. The van der Waals surface area contributed by atoms with Crippen LogP contribution >= 0.6 is 0 Å². The van der Waals surface area contributed by atoms with Gasteiger partial charge in [0.2, 0.25) is 5.95 Å². The number of hydrogen-bond acceptors (Lipinski definition) is 5. The van der Waals surface area contributed by atoms with Crippen molar-refractivity contribution in [1.29, 1.82) is 0 Å². The summed E-state index contributed by atoms with van der Waals surface area (Å²) in [6.45, 7) is 0. The second kappa shape index (κ2) is 8.53. The van der Waals surface area contributed by atoms with Gasteiger partial charge < -0.3 is 9.90 Å². The van der Waals surface area contributed by atoms with Crippen LogP contribution in [0.2, 0.25) is 0 Å². The van der Waals surface area contributed by atoms with Crippen molar-refractivity contribution in [2.24, 2.45) is 0 Å². The van der Waals surface area contributed by atoms with Gasteiger partial charge in [0.1, 0.15) is 0 Å². The second-order valence-corrected chi connectivity index (χ2v) is 5.76. The number of rotatable bonds is 6. The van der Waals surface area contributed by atoms with E-state index >= 15 is 0 Å². The fourth-order valence-corrected chi connectivity index (χ4v) is 2.57. The summed E-state index contributed by atoms with van der Waals surface area (Å²) in [5.41, 5.74) is 2.45. The van der Waals surface area contributed by atoms with Gasteiger partial charge in [-0.2, -0.15) is 0 Å². The van der Waals surface area contributed by atoms with Crippen LogP contribution in [0.1, 0.15) is 27.0 Å². The Bertz CT molecular complexity index is 970. The summed E-state index contributed by atoms with van der Waals surface area (Å²) in [5.74, 6) is -1.39. The maximum atomic E-state index is 12.0. The van der Waals surface area contributed by atoms with E-state index in [0.717, 1.165) is 5.56 Å². The molecule has 1 amide bonds. The number of aromatic nitrogens is 2. The highest BCUT2D eigenvalue weighted by molar-refractivity contribution is 6.01. The van der Waals surface area contributed by atoms with E-state index in [9.17, 15) is 14.7 Å². The molecule has 0 radical (unpaired) electrons. The summed E-state index contributed by atoms with van der Waals surface area (Å²) in [6.07, 6.45) is 6.46. The van der Waals surface area contributed by atoms with Gasteiger partial charge in [-0.3, -0.25) is 10.1 Å². The van der Waals surface area contributed by atoms with E-state index in [1.54, 1.807) is 24.3 Å². The molecule has 0 saturated carbocycles. The molecule has 2 aromatic carbocycles. The fraction of sp³-hybridized carbons (Fsp3) is 0.0476. The van der Waals surface area contributed by atoms with Crippen LogP contribution in [0.5, 0.6) is 0 Å². The number of nitrogens with one attached hydrogen (secondary N) is 1. The maximum Gasteiger partial charge on any atom is 0.250 e. The Morgan fingerprint density at radius 2 is 1.74 bits per heavy atom. The van der Waals surface area contributed by atoms with Gasteiger partial charge >= 0.3 is 0 Å². The van der Waals surface area contributed by atoms with E-state index in [0.29, 0.717) is 17.5 Å². The molecular weight excluding hydrogens is 342 g/mol. The molecule has 0 spiro atoms. The third-order valence-electron chi connectivity index (χ3n) is 3.81. The van der Waals surface area contributed by atoms with Gasteiger partial charge in [0.25, 0.3) is 5.91 Å². The number of amides is 1. The van der Waals surface area contributed by atoms with Gasteiger partial charge in [-0.05, 0) is 35.3 Å².